The number of phenolic OH excluding ortho intramolecular Hbond substituents is 1. The summed E-state index contributed by atoms with van der Waals surface area (Å²) in [5.41, 5.74) is 7.80. The van der Waals surface area contributed by atoms with Crippen LogP contribution in [0, 0.1) is 0 Å². The molecule has 1 atom stereocenters. The second kappa shape index (κ2) is 6.34. The quantitative estimate of drug-likeness (QED) is 0.880. The summed E-state index contributed by atoms with van der Waals surface area (Å²) in [6, 6.07) is 14.4. The van der Waals surface area contributed by atoms with Crippen molar-refractivity contribution in [2.45, 2.75) is 5.75 Å². The summed E-state index contributed by atoms with van der Waals surface area (Å²) in [6.45, 7) is 0. The monoisotopic (exact) mass is 289 g/mol. The van der Waals surface area contributed by atoms with E-state index in [1.54, 1.807) is 24.3 Å². The molecule has 20 heavy (non-hydrogen) atoms. The molecule has 0 saturated carbocycles. The van der Waals surface area contributed by atoms with Crippen molar-refractivity contribution in [3.05, 3.63) is 54.1 Å². The lowest BCUT2D eigenvalue weighted by molar-refractivity contribution is -0.115. The first-order valence-corrected chi connectivity index (χ1v) is 7.55. The molecule has 0 aliphatic carbocycles. The Balaban J connectivity index is 2.28. The Morgan fingerprint density at radius 2 is 1.75 bits per heavy atom. The summed E-state index contributed by atoms with van der Waals surface area (Å²) >= 11 is 0. The molecule has 104 valence electrons. The predicted molar refractivity (Wildman–Crippen MR) is 79.5 cm³/mol. The van der Waals surface area contributed by atoms with E-state index in [0.29, 0.717) is 0 Å². The maximum absolute atomic E-state index is 11.8. The fraction of sp³-hybridized carbons (Fsp3) is 0.133. The van der Waals surface area contributed by atoms with Crippen LogP contribution in [0.5, 0.6) is 5.75 Å². The van der Waals surface area contributed by atoms with Crippen molar-refractivity contribution in [2.75, 3.05) is 5.75 Å². The third-order valence-corrected chi connectivity index (χ3v) is 4.05. The van der Waals surface area contributed by atoms with Gasteiger partial charge in [-0.2, -0.15) is 0 Å². The van der Waals surface area contributed by atoms with E-state index in [9.17, 15) is 14.1 Å². The first-order valence-electron chi connectivity index (χ1n) is 6.07. The predicted octanol–water partition coefficient (Wildman–Crippen LogP) is 1.79. The van der Waals surface area contributed by atoms with Crippen LogP contribution in [-0.2, 0) is 21.3 Å². The molecule has 2 rings (SSSR count). The molecule has 0 radical (unpaired) electrons. The zero-order chi connectivity index (χ0) is 14.5. The van der Waals surface area contributed by atoms with Gasteiger partial charge >= 0.3 is 0 Å². The van der Waals surface area contributed by atoms with E-state index in [1.807, 2.05) is 24.3 Å². The molecule has 0 bridgehead atoms. The maximum Gasteiger partial charge on any atom is 0.230 e. The van der Waals surface area contributed by atoms with Crippen molar-refractivity contribution in [3.8, 4) is 16.9 Å². The van der Waals surface area contributed by atoms with Crippen molar-refractivity contribution in [1.82, 2.24) is 0 Å². The minimum Gasteiger partial charge on any atom is -0.508 e. The van der Waals surface area contributed by atoms with Crippen LogP contribution in [-0.4, -0.2) is 21.0 Å². The molecule has 0 heterocycles. The molecule has 2 aromatic rings. The lowest BCUT2D eigenvalue weighted by atomic mass is 10.0. The Hall–Kier alpha value is -2.14. The highest BCUT2D eigenvalue weighted by Gasteiger charge is 2.10. The third kappa shape index (κ3) is 3.68. The highest BCUT2D eigenvalue weighted by atomic mass is 32.2. The van der Waals surface area contributed by atoms with E-state index < -0.39 is 16.7 Å². The molecule has 1 unspecified atom stereocenters. The van der Waals surface area contributed by atoms with Crippen LogP contribution in [0.4, 0.5) is 0 Å². The van der Waals surface area contributed by atoms with Gasteiger partial charge in [-0.15, -0.1) is 0 Å². The molecule has 0 fully saturated rings. The van der Waals surface area contributed by atoms with Gasteiger partial charge in [-0.25, -0.2) is 0 Å². The normalized spacial score (nSPS) is 12.0. The fourth-order valence-corrected chi connectivity index (χ4v) is 2.97. The highest BCUT2D eigenvalue weighted by Crippen LogP contribution is 2.26. The van der Waals surface area contributed by atoms with E-state index >= 15 is 0 Å². The Bertz CT molecular complexity index is 638. The summed E-state index contributed by atoms with van der Waals surface area (Å²) in [5.74, 6) is -0.224. The SMILES string of the molecule is NC(=O)CS(=O)Cc1ccccc1-c1ccc(O)cc1. The average molecular weight is 289 g/mol. The number of hydrogen-bond donors (Lipinski definition) is 2. The van der Waals surface area contributed by atoms with Crippen molar-refractivity contribution in [1.29, 1.82) is 0 Å². The van der Waals surface area contributed by atoms with Crippen LogP contribution >= 0.6 is 0 Å². The number of carbonyl (C=O) groups is 1. The number of primary amides is 1. The van der Waals surface area contributed by atoms with E-state index in [4.69, 9.17) is 5.73 Å². The first kappa shape index (κ1) is 14.3. The van der Waals surface area contributed by atoms with Gasteiger partial charge in [0.25, 0.3) is 0 Å². The molecule has 0 saturated heterocycles. The van der Waals surface area contributed by atoms with Crippen LogP contribution in [0.2, 0.25) is 0 Å². The standard InChI is InChI=1S/C15H15NO3S/c16-15(18)10-20(19)9-12-3-1-2-4-14(12)11-5-7-13(17)8-6-11/h1-8,17H,9-10H2,(H2,16,18). The summed E-state index contributed by atoms with van der Waals surface area (Å²) in [6.07, 6.45) is 0. The molecule has 2 aromatic carbocycles. The zero-order valence-corrected chi connectivity index (χ0v) is 11.6. The molecule has 0 aromatic heterocycles. The lowest BCUT2D eigenvalue weighted by Crippen LogP contribution is -2.20. The molecule has 5 heteroatoms. The Labute approximate surface area is 119 Å². The Morgan fingerprint density at radius 1 is 1.10 bits per heavy atom. The minimum absolute atomic E-state index is 0.135. The second-order valence-electron chi connectivity index (χ2n) is 4.40. The number of phenols is 1. The van der Waals surface area contributed by atoms with Gasteiger partial charge in [-0.3, -0.25) is 9.00 Å². The molecule has 0 spiro atoms. The molecule has 1 amide bonds. The van der Waals surface area contributed by atoms with E-state index in [1.165, 1.54) is 0 Å². The van der Waals surface area contributed by atoms with Gasteiger partial charge in [0.1, 0.15) is 11.5 Å². The van der Waals surface area contributed by atoms with Gasteiger partial charge in [0.05, 0.1) is 0 Å². The fourth-order valence-electron chi connectivity index (χ4n) is 1.95. The zero-order valence-electron chi connectivity index (χ0n) is 10.8. The van der Waals surface area contributed by atoms with Crippen molar-refractivity contribution in [2.24, 2.45) is 5.73 Å². The van der Waals surface area contributed by atoms with E-state index in [0.717, 1.165) is 16.7 Å². The van der Waals surface area contributed by atoms with Crippen LogP contribution < -0.4 is 5.73 Å². The summed E-state index contributed by atoms with van der Waals surface area (Å²) in [5, 5.41) is 9.32. The number of aromatic hydroxyl groups is 1. The molecule has 4 nitrogen and oxygen atoms in total. The van der Waals surface area contributed by atoms with Crippen LogP contribution in [0.3, 0.4) is 0 Å². The summed E-state index contributed by atoms with van der Waals surface area (Å²) in [4.78, 5) is 10.8. The highest BCUT2D eigenvalue weighted by molar-refractivity contribution is 7.84. The van der Waals surface area contributed by atoms with Gasteiger partial charge < -0.3 is 10.8 Å². The second-order valence-corrected chi connectivity index (χ2v) is 5.86. The van der Waals surface area contributed by atoms with Gasteiger partial charge in [0, 0.05) is 16.6 Å². The van der Waals surface area contributed by atoms with Gasteiger partial charge in [0.2, 0.25) is 5.91 Å². The number of rotatable bonds is 5. The Morgan fingerprint density at radius 3 is 2.40 bits per heavy atom. The van der Waals surface area contributed by atoms with Gasteiger partial charge in [-0.1, -0.05) is 36.4 Å². The summed E-state index contributed by atoms with van der Waals surface area (Å²) < 4.78 is 11.8. The van der Waals surface area contributed by atoms with Crippen molar-refractivity contribution in [3.63, 3.8) is 0 Å². The largest absolute Gasteiger partial charge is 0.508 e. The first-order chi connectivity index (χ1) is 9.56. The van der Waals surface area contributed by atoms with E-state index in [2.05, 4.69) is 0 Å². The van der Waals surface area contributed by atoms with Crippen LogP contribution in [0.25, 0.3) is 11.1 Å². The maximum atomic E-state index is 11.8. The van der Waals surface area contributed by atoms with Crippen LogP contribution in [0.15, 0.2) is 48.5 Å². The Kier molecular flexibility index (Phi) is 4.53. The molecular weight excluding hydrogens is 274 g/mol. The van der Waals surface area contributed by atoms with Gasteiger partial charge in [-0.05, 0) is 28.8 Å². The number of hydrogen-bond acceptors (Lipinski definition) is 3. The third-order valence-electron chi connectivity index (χ3n) is 2.82. The average Bonchev–Trinajstić information content (AvgIpc) is 2.39. The lowest BCUT2D eigenvalue weighted by Gasteiger charge is -2.09. The number of nitrogens with two attached hydrogens (primary N) is 1. The van der Waals surface area contributed by atoms with Crippen molar-refractivity contribution < 1.29 is 14.1 Å². The molecule has 3 N–H and O–H groups in total. The molecular formula is C15H15NO3S. The number of carbonyl (C=O) groups excluding carboxylic acids is 1. The van der Waals surface area contributed by atoms with Crippen LogP contribution in [0.1, 0.15) is 5.56 Å². The minimum atomic E-state index is -1.31. The summed E-state index contributed by atoms with van der Waals surface area (Å²) in [7, 11) is -1.31. The smallest absolute Gasteiger partial charge is 0.230 e. The van der Waals surface area contributed by atoms with E-state index in [-0.39, 0.29) is 17.3 Å². The topological polar surface area (TPSA) is 80.4 Å². The molecule has 0 aliphatic rings. The number of benzene rings is 2. The molecule has 0 aliphatic heterocycles. The van der Waals surface area contributed by atoms with Crippen molar-refractivity contribution >= 4 is 16.7 Å². The van der Waals surface area contributed by atoms with Gasteiger partial charge in [0.15, 0.2) is 0 Å². The number of amides is 1.